The van der Waals surface area contributed by atoms with Crippen LogP contribution in [0, 0.1) is 11.8 Å². The lowest BCUT2D eigenvalue weighted by atomic mass is 9.89. The lowest BCUT2D eigenvalue weighted by Crippen LogP contribution is -2.53. The van der Waals surface area contributed by atoms with Gasteiger partial charge in [-0.05, 0) is 55.4 Å². The minimum atomic E-state index is -1.57. The summed E-state index contributed by atoms with van der Waals surface area (Å²) in [5.74, 6) is -9.67. The van der Waals surface area contributed by atoms with E-state index in [9.17, 15) is 68.1 Å². The van der Waals surface area contributed by atoms with Gasteiger partial charge in [0.05, 0.1) is 30.8 Å². The van der Waals surface area contributed by atoms with E-state index < -0.39 is 103 Å². The molecule has 0 spiro atoms. The first-order valence-electron chi connectivity index (χ1n) is 27.5. The van der Waals surface area contributed by atoms with E-state index in [0.717, 1.165) is 68.9 Å². The monoisotopic (exact) mass is 1200 g/mol. The van der Waals surface area contributed by atoms with Crippen molar-refractivity contribution in [3.05, 3.63) is 71.8 Å². The van der Waals surface area contributed by atoms with Crippen molar-refractivity contribution in [1.82, 2.24) is 31.9 Å². The number of hydrogen-bond donors (Lipinski definition) is 11. The Morgan fingerprint density at radius 2 is 1.15 bits per heavy atom. The molecule has 0 aliphatic heterocycles. The largest absolute Gasteiger partial charge is 0.481 e. The molecule has 454 valence electrons. The third kappa shape index (κ3) is 32.7. The topological polar surface area (TPSA) is 376 Å². The number of ether oxygens (including phenoxy) is 1. The average molecular weight is 1200 g/mol. The van der Waals surface area contributed by atoms with Crippen LogP contribution in [0.1, 0.15) is 134 Å². The summed E-state index contributed by atoms with van der Waals surface area (Å²) in [6.45, 7) is 1.99. The van der Waals surface area contributed by atoms with Gasteiger partial charge in [0.2, 0.25) is 23.6 Å². The van der Waals surface area contributed by atoms with Crippen LogP contribution in [0.15, 0.2) is 60.7 Å². The van der Waals surface area contributed by atoms with Gasteiger partial charge in [-0.2, -0.15) is 0 Å². The number of ketones is 2. The molecule has 0 unspecified atom stereocenters. The predicted octanol–water partition coefficient (Wildman–Crippen LogP) is 4.47. The number of Topliss-reactive ketones (excluding diaryl/α,β-unsaturated/α-hetero) is 2. The van der Waals surface area contributed by atoms with E-state index in [2.05, 4.69) is 31.9 Å². The van der Waals surface area contributed by atoms with Crippen LogP contribution in [0.5, 0.6) is 0 Å². The molecule has 7 atom stereocenters. The Morgan fingerprint density at radius 1 is 0.573 bits per heavy atom. The van der Waals surface area contributed by atoms with Gasteiger partial charge in [-0.25, -0.2) is 4.79 Å². The number of unbranched alkanes of at least 4 members (excludes halogenated alkanes) is 9. The summed E-state index contributed by atoms with van der Waals surface area (Å²) < 4.78 is 4.76. The maximum Gasteiger partial charge on any atom is 0.326 e. The molecule has 0 saturated heterocycles. The Morgan fingerprint density at radius 3 is 1.71 bits per heavy atom. The van der Waals surface area contributed by atoms with Crippen molar-refractivity contribution in [3.63, 3.8) is 0 Å². The van der Waals surface area contributed by atoms with Crippen LogP contribution in [0.25, 0.3) is 0 Å². The van der Waals surface area contributed by atoms with Crippen LogP contribution in [-0.2, 0) is 70.3 Å². The minimum Gasteiger partial charge on any atom is -0.481 e. The van der Waals surface area contributed by atoms with Gasteiger partial charge in [0.1, 0.15) is 12.1 Å². The lowest BCUT2D eigenvalue weighted by molar-refractivity contribution is -0.144. The number of nitrogens with two attached hydrogens (primary N) is 1. The molecule has 0 bridgehead atoms. The van der Waals surface area contributed by atoms with E-state index in [1.54, 1.807) is 30.3 Å². The molecule has 26 heteroatoms. The third-order valence-electron chi connectivity index (χ3n) is 12.9. The number of aliphatic carboxylic acids is 4. The SMILES string of the molecule is CCSSC[C@H](CC(=O)[C@H](CC(=O)O)NC(=O)[C@@H](N)CNC(=O)[C@@H](CC(=O)[C@H](Cc1ccccc1)NC(=O)CCCCCCCCCCCCNC(=O)CC[C@H](NC(=S)N[C@@H](CCC(=O)O)OC=O)C(=O)O)Cc1ccccc1)C(=O)O. The Hall–Kier alpha value is -6.64. The van der Waals surface area contributed by atoms with Crippen molar-refractivity contribution in [3.8, 4) is 0 Å². The van der Waals surface area contributed by atoms with Gasteiger partial charge in [-0.1, -0.05) is 141 Å². The van der Waals surface area contributed by atoms with Crippen LogP contribution in [0.4, 0.5) is 0 Å². The zero-order chi connectivity index (χ0) is 60.7. The first-order valence-corrected chi connectivity index (χ1v) is 30.4. The zero-order valence-electron chi connectivity index (χ0n) is 46.4. The van der Waals surface area contributed by atoms with Crippen molar-refractivity contribution in [2.24, 2.45) is 17.6 Å². The second kappa shape index (κ2) is 42.2. The molecule has 2 aromatic rings. The van der Waals surface area contributed by atoms with Crippen LogP contribution in [0.3, 0.4) is 0 Å². The second-order valence-electron chi connectivity index (χ2n) is 19.6. The van der Waals surface area contributed by atoms with E-state index in [-0.39, 0.29) is 86.3 Å². The highest BCUT2D eigenvalue weighted by Gasteiger charge is 2.32. The summed E-state index contributed by atoms with van der Waals surface area (Å²) >= 11 is 5.08. The summed E-state index contributed by atoms with van der Waals surface area (Å²) in [6, 6.07) is 12.9. The van der Waals surface area contributed by atoms with E-state index >= 15 is 0 Å². The number of nitrogens with one attached hydrogen (secondary N) is 6. The van der Waals surface area contributed by atoms with E-state index in [4.69, 9.17) is 27.8 Å². The predicted molar refractivity (Wildman–Crippen MR) is 313 cm³/mol. The summed E-state index contributed by atoms with van der Waals surface area (Å²) in [5, 5.41) is 53.2. The Balaban J connectivity index is 1.85. The fourth-order valence-electron chi connectivity index (χ4n) is 8.38. The highest BCUT2D eigenvalue weighted by atomic mass is 33.1. The van der Waals surface area contributed by atoms with E-state index in [1.165, 1.54) is 21.6 Å². The number of carboxylic acids is 4. The minimum absolute atomic E-state index is 0.0793. The smallest absolute Gasteiger partial charge is 0.326 e. The van der Waals surface area contributed by atoms with Crippen molar-refractivity contribution in [2.75, 3.05) is 24.6 Å². The number of hydrogen-bond acceptors (Lipinski definition) is 16. The van der Waals surface area contributed by atoms with Crippen molar-refractivity contribution in [1.29, 1.82) is 0 Å². The number of benzene rings is 2. The molecule has 2 rings (SSSR count). The molecule has 0 saturated carbocycles. The fourth-order valence-corrected chi connectivity index (χ4v) is 10.6. The van der Waals surface area contributed by atoms with Gasteiger partial charge in [0, 0.05) is 62.6 Å². The maximum absolute atomic E-state index is 14.2. The number of carboxylic acid groups (broad SMARTS) is 4. The quantitative estimate of drug-likeness (QED) is 0.0143. The molecule has 2 aromatic carbocycles. The van der Waals surface area contributed by atoms with Gasteiger partial charge >= 0.3 is 23.9 Å². The molecule has 0 aromatic heterocycles. The first-order chi connectivity index (χ1) is 39.2. The normalized spacial score (nSPS) is 13.5. The number of carbonyl (C=O) groups excluding carboxylic acids is 7. The Bertz CT molecular complexity index is 2360. The molecule has 23 nitrogen and oxygen atoms in total. The fraction of sp³-hybridized carbons (Fsp3) is 0.571. The van der Waals surface area contributed by atoms with Gasteiger partial charge < -0.3 is 62.8 Å². The summed E-state index contributed by atoms with van der Waals surface area (Å²) in [4.78, 5) is 137. The standard InChI is InChI=1S/C56H81N7O16S3/c1-2-81-82-35-40(54(75)76)32-46(66)44(33-51(71)72)61-53(74)41(57)34-59-52(73)39(29-37-19-13-11-14-20-37)31-45(65)43(30-38-21-15-12-16-22-38)60-48(68)23-17-9-7-5-3-4-6-8-10-18-28-58-47(67)25-24-42(55(77)78)62-56(80)63-49(79-36-64)26-27-50(69)70/h11-16,19-22,36,39-44,49H,2-10,17-18,23-35,57H2,1H3,(H,58,67)(H,59,73)(H,60,68)(H,61,74)(H,69,70)(H,71,72)(H,75,76)(H,77,78)(H2,62,63,80)/t39-,40+,41+,42+,43+,44+,49-/m1/s1. The molecule has 82 heavy (non-hydrogen) atoms. The highest BCUT2D eigenvalue weighted by Crippen LogP contribution is 2.26. The molecule has 0 heterocycles. The number of carbonyl (C=O) groups is 11. The Labute approximate surface area is 491 Å². The summed E-state index contributed by atoms with van der Waals surface area (Å²) in [7, 11) is 2.67. The van der Waals surface area contributed by atoms with Crippen LogP contribution < -0.4 is 37.6 Å². The van der Waals surface area contributed by atoms with Gasteiger partial charge in [0.25, 0.3) is 6.47 Å². The molecule has 0 aliphatic rings. The van der Waals surface area contributed by atoms with E-state index in [0.29, 0.717) is 18.7 Å². The van der Waals surface area contributed by atoms with Crippen LogP contribution in [0.2, 0.25) is 0 Å². The van der Waals surface area contributed by atoms with Crippen LogP contribution in [-0.4, -0.2) is 146 Å². The van der Waals surface area contributed by atoms with E-state index in [1.807, 2.05) is 37.3 Å². The molecule has 4 amide bonds. The second-order valence-corrected chi connectivity index (χ2v) is 22.8. The molecule has 0 aliphatic carbocycles. The van der Waals surface area contributed by atoms with Gasteiger partial charge in [0.15, 0.2) is 22.9 Å². The molecule has 0 radical (unpaired) electrons. The maximum atomic E-state index is 14.2. The molecular weight excluding hydrogens is 1120 g/mol. The summed E-state index contributed by atoms with van der Waals surface area (Å²) in [6.07, 6.45) is 6.21. The summed E-state index contributed by atoms with van der Waals surface area (Å²) in [5.41, 5.74) is 7.68. The van der Waals surface area contributed by atoms with Crippen molar-refractivity contribution in [2.45, 2.75) is 166 Å². The zero-order valence-corrected chi connectivity index (χ0v) is 48.8. The highest BCUT2D eigenvalue weighted by molar-refractivity contribution is 8.76. The number of amides is 4. The number of thiocarbonyl (C=S) groups is 1. The Kier molecular flexibility index (Phi) is 36.8. The van der Waals surface area contributed by atoms with Gasteiger partial charge in [-0.3, -0.25) is 47.9 Å². The third-order valence-corrected chi connectivity index (χ3v) is 15.7. The van der Waals surface area contributed by atoms with Gasteiger partial charge in [-0.15, -0.1) is 0 Å². The van der Waals surface area contributed by atoms with Crippen molar-refractivity contribution >= 4 is 104 Å². The van der Waals surface area contributed by atoms with Crippen molar-refractivity contribution < 1.29 is 77.9 Å². The number of rotatable bonds is 47. The lowest BCUT2D eigenvalue weighted by Gasteiger charge is -2.23. The average Bonchev–Trinajstić information content (AvgIpc) is 3.47. The molecular formula is C56H81N7O16S3. The first kappa shape index (κ1) is 71.5. The van der Waals surface area contributed by atoms with Crippen LogP contribution >= 0.6 is 33.8 Å². The molecule has 12 N–H and O–H groups in total. The molecule has 0 fully saturated rings.